The summed E-state index contributed by atoms with van der Waals surface area (Å²) in [5, 5.41) is 0.352. The van der Waals surface area contributed by atoms with Crippen molar-refractivity contribution in [1.29, 1.82) is 0 Å². The van der Waals surface area contributed by atoms with E-state index in [9.17, 15) is 9.18 Å². The van der Waals surface area contributed by atoms with Gasteiger partial charge in [-0.15, -0.1) is 0 Å². The van der Waals surface area contributed by atoms with Gasteiger partial charge in [0.05, 0.1) is 24.9 Å². The average Bonchev–Trinajstić information content (AvgIpc) is 2.68. The molecule has 0 radical (unpaired) electrons. The number of halogens is 1. The Kier molecular flexibility index (Phi) is 3.74. The molecule has 4 nitrogen and oxygen atoms in total. The largest absolute Gasteiger partial charge is 0.497 e. The van der Waals surface area contributed by atoms with Crippen LogP contribution in [0.25, 0.3) is 10.9 Å². The topological polar surface area (TPSA) is 40.5 Å². The van der Waals surface area contributed by atoms with E-state index >= 15 is 0 Å². The molecule has 1 heterocycles. The molecule has 102 valence electrons. The number of rotatable bonds is 3. The van der Waals surface area contributed by atoms with Crippen LogP contribution in [0.2, 0.25) is 0 Å². The summed E-state index contributed by atoms with van der Waals surface area (Å²) in [7, 11) is 1.51. The van der Waals surface area contributed by atoms with Gasteiger partial charge in [0.1, 0.15) is 5.75 Å². The van der Waals surface area contributed by atoms with Gasteiger partial charge in [0.2, 0.25) is 0 Å². The Bertz CT molecular complexity index is 619. The number of hydrogen-bond donors (Lipinski definition) is 0. The van der Waals surface area contributed by atoms with Crippen molar-refractivity contribution >= 4 is 17.0 Å². The summed E-state index contributed by atoms with van der Waals surface area (Å²) in [6.07, 6.45) is 0.165. The average molecular weight is 265 g/mol. The Labute approximate surface area is 110 Å². The monoisotopic (exact) mass is 265 g/mol. The van der Waals surface area contributed by atoms with Gasteiger partial charge >= 0.3 is 6.09 Å². The molecule has 2 rings (SSSR count). The van der Waals surface area contributed by atoms with Crippen molar-refractivity contribution in [1.82, 2.24) is 4.57 Å². The van der Waals surface area contributed by atoms with Crippen LogP contribution in [0.5, 0.6) is 5.75 Å². The highest BCUT2D eigenvalue weighted by atomic mass is 19.1. The lowest BCUT2D eigenvalue weighted by Gasteiger charge is -2.07. The Morgan fingerprint density at radius 3 is 2.79 bits per heavy atom. The van der Waals surface area contributed by atoms with Crippen molar-refractivity contribution < 1.29 is 18.7 Å². The number of benzene rings is 1. The van der Waals surface area contributed by atoms with Crippen molar-refractivity contribution in [3.05, 3.63) is 29.7 Å². The molecule has 2 aromatic rings. The van der Waals surface area contributed by atoms with Gasteiger partial charge in [-0.05, 0) is 31.5 Å². The summed E-state index contributed by atoms with van der Waals surface area (Å²) in [5.74, 6) is 0.118. The van der Waals surface area contributed by atoms with Crippen molar-refractivity contribution in [3.8, 4) is 5.75 Å². The Morgan fingerprint density at radius 2 is 2.16 bits per heavy atom. The maximum absolute atomic E-state index is 14.1. The molecule has 0 atom stereocenters. The van der Waals surface area contributed by atoms with Crippen LogP contribution in [-0.2, 0) is 4.74 Å². The highest BCUT2D eigenvalue weighted by Gasteiger charge is 2.20. The Morgan fingerprint density at radius 1 is 1.42 bits per heavy atom. The molecule has 0 saturated carbocycles. The van der Waals surface area contributed by atoms with E-state index < -0.39 is 11.9 Å². The summed E-state index contributed by atoms with van der Waals surface area (Å²) in [6, 6.07) is 4.91. The fraction of sp³-hybridized carbons (Fsp3) is 0.357. The second-order valence-electron chi connectivity index (χ2n) is 4.23. The standard InChI is InChI=1S/C14H16FNO3/c1-4-7-19-14(17)16-9(2)13(15)11-8-10(18-3)5-6-12(11)16/h5-6,8H,4,7H2,1-3H3. The first-order chi connectivity index (χ1) is 9.10. The van der Waals surface area contributed by atoms with Crippen LogP contribution in [0, 0.1) is 12.7 Å². The molecule has 0 bridgehead atoms. The molecule has 5 heteroatoms. The van der Waals surface area contributed by atoms with Gasteiger partial charge in [-0.1, -0.05) is 6.92 Å². The highest BCUT2D eigenvalue weighted by Crippen LogP contribution is 2.28. The van der Waals surface area contributed by atoms with Crippen LogP contribution >= 0.6 is 0 Å². The van der Waals surface area contributed by atoms with Crippen molar-refractivity contribution in [3.63, 3.8) is 0 Å². The van der Waals surface area contributed by atoms with Crippen molar-refractivity contribution in [2.24, 2.45) is 0 Å². The van der Waals surface area contributed by atoms with Crippen LogP contribution in [0.15, 0.2) is 18.2 Å². The highest BCUT2D eigenvalue weighted by molar-refractivity contribution is 5.92. The molecule has 0 amide bonds. The van der Waals surface area contributed by atoms with E-state index in [1.165, 1.54) is 11.7 Å². The van der Waals surface area contributed by atoms with Gasteiger partial charge in [0, 0.05) is 5.39 Å². The number of fused-ring (bicyclic) bond motifs is 1. The van der Waals surface area contributed by atoms with Crippen LogP contribution in [0.1, 0.15) is 19.0 Å². The number of carbonyl (C=O) groups excluding carboxylic acids is 1. The van der Waals surface area contributed by atoms with Gasteiger partial charge in [-0.3, -0.25) is 0 Å². The fourth-order valence-electron chi connectivity index (χ4n) is 1.98. The molecule has 1 aromatic heterocycles. The zero-order valence-electron chi connectivity index (χ0n) is 11.2. The maximum Gasteiger partial charge on any atom is 0.418 e. The molecule has 0 fully saturated rings. The second kappa shape index (κ2) is 5.30. The van der Waals surface area contributed by atoms with E-state index in [0.717, 1.165) is 6.42 Å². The van der Waals surface area contributed by atoms with Crippen LogP contribution in [0.3, 0.4) is 0 Å². The van der Waals surface area contributed by atoms with Crippen LogP contribution in [0.4, 0.5) is 9.18 Å². The summed E-state index contributed by atoms with van der Waals surface area (Å²) < 4.78 is 25.5. The molecule has 19 heavy (non-hydrogen) atoms. The van der Waals surface area contributed by atoms with Gasteiger partial charge in [0.25, 0.3) is 0 Å². The first-order valence-corrected chi connectivity index (χ1v) is 6.11. The maximum atomic E-state index is 14.1. The Balaban J connectivity index is 2.55. The van der Waals surface area contributed by atoms with E-state index in [1.54, 1.807) is 25.1 Å². The summed E-state index contributed by atoms with van der Waals surface area (Å²) in [6.45, 7) is 3.77. The smallest absolute Gasteiger partial charge is 0.418 e. The normalized spacial score (nSPS) is 10.7. The third-order valence-corrected chi connectivity index (χ3v) is 2.95. The molecule has 0 unspecified atom stereocenters. The van der Waals surface area contributed by atoms with E-state index in [-0.39, 0.29) is 5.69 Å². The summed E-state index contributed by atoms with van der Waals surface area (Å²) in [5.41, 5.74) is 0.723. The zero-order valence-corrected chi connectivity index (χ0v) is 11.2. The van der Waals surface area contributed by atoms with Crippen LogP contribution in [-0.4, -0.2) is 24.4 Å². The molecule has 0 saturated heterocycles. The number of aromatic nitrogens is 1. The van der Waals surface area contributed by atoms with E-state index in [0.29, 0.717) is 23.3 Å². The molecular formula is C14H16FNO3. The zero-order chi connectivity index (χ0) is 14.0. The van der Waals surface area contributed by atoms with Crippen molar-refractivity contribution in [2.75, 3.05) is 13.7 Å². The first kappa shape index (κ1) is 13.4. The third kappa shape index (κ3) is 2.28. The second-order valence-corrected chi connectivity index (χ2v) is 4.23. The van der Waals surface area contributed by atoms with E-state index in [1.807, 2.05) is 6.92 Å². The lowest BCUT2D eigenvalue weighted by atomic mass is 10.2. The number of methoxy groups -OCH3 is 1. The predicted molar refractivity (Wildman–Crippen MR) is 70.2 cm³/mol. The van der Waals surface area contributed by atoms with Gasteiger partial charge < -0.3 is 9.47 Å². The van der Waals surface area contributed by atoms with Crippen LogP contribution < -0.4 is 4.74 Å². The number of hydrogen-bond acceptors (Lipinski definition) is 3. The minimum atomic E-state index is -0.557. The molecule has 0 aliphatic carbocycles. The predicted octanol–water partition coefficient (Wildman–Crippen LogP) is 3.49. The third-order valence-electron chi connectivity index (χ3n) is 2.95. The fourth-order valence-corrected chi connectivity index (χ4v) is 1.98. The Hall–Kier alpha value is -2.04. The van der Waals surface area contributed by atoms with Crippen molar-refractivity contribution in [2.45, 2.75) is 20.3 Å². The quantitative estimate of drug-likeness (QED) is 0.852. The SMILES string of the molecule is CCCOC(=O)n1c(C)c(F)c2cc(OC)ccc21. The number of ether oxygens (including phenoxy) is 2. The van der Waals surface area contributed by atoms with Gasteiger partial charge in [0.15, 0.2) is 5.82 Å². The summed E-state index contributed by atoms with van der Waals surface area (Å²) in [4.78, 5) is 11.9. The van der Waals surface area contributed by atoms with E-state index in [4.69, 9.17) is 9.47 Å². The van der Waals surface area contributed by atoms with E-state index in [2.05, 4.69) is 0 Å². The molecular weight excluding hydrogens is 249 g/mol. The molecule has 1 aromatic carbocycles. The molecule has 0 aliphatic heterocycles. The minimum absolute atomic E-state index is 0.240. The molecule has 0 spiro atoms. The number of nitrogens with zero attached hydrogens (tertiary/aromatic N) is 1. The lowest BCUT2D eigenvalue weighted by Crippen LogP contribution is -2.15. The molecule has 0 N–H and O–H groups in total. The molecule has 0 aliphatic rings. The lowest BCUT2D eigenvalue weighted by molar-refractivity contribution is 0.148. The minimum Gasteiger partial charge on any atom is -0.497 e. The van der Waals surface area contributed by atoms with Gasteiger partial charge in [-0.2, -0.15) is 0 Å². The summed E-state index contributed by atoms with van der Waals surface area (Å²) >= 11 is 0. The van der Waals surface area contributed by atoms with Gasteiger partial charge in [-0.25, -0.2) is 13.8 Å². The first-order valence-electron chi connectivity index (χ1n) is 6.11. The number of carbonyl (C=O) groups is 1.